The van der Waals surface area contributed by atoms with E-state index in [9.17, 15) is 4.79 Å². The number of anilines is 1. The van der Waals surface area contributed by atoms with E-state index in [1.807, 2.05) is 6.92 Å². The van der Waals surface area contributed by atoms with Crippen LogP contribution in [0.15, 0.2) is 46.9 Å². The molecule has 0 aliphatic heterocycles. The van der Waals surface area contributed by atoms with Crippen molar-refractivity contribution in [3.8, 4) is 0 Å². The van der Waals surface area contributed by atoms with Gasteiger partial charge in [0.05, 0.1) is 0 Å². The molecule has 1 heterocycles. The Labute approximate surface area is 120 Å². The van der Waals surface area contributed by atoms with Gasteiger partial charge in [-0.15, -0.1) is 0 Å². The maximum absolute atomic E-state index is 12.5. The number of fused-ring (bicyclic) bond motifs is 1. The summed E-state index contributed by atoms with van der Waals surface area (Å²) in [5, 5.41) is 1.42. The third-order valence-corrected chi connectivity index (χ3v) is 3.56. The maximum atomic E-state index is 12.5. The minimum atomic E-state index is -0.179. The number of rotatable bonds is 2. The summed E-state index contributed by atoms with van der Waals surface area (Å²) < 4.78 is 5.59. The fourth-order valence-corrected chi connectivity index (χ4v) is 2.34. The van der Waals surface area contributed by atoms with Crippen molar-refractivity contribution in [1.82, 2.24) is 0 Å². The van der Waals surface area contributed by atoms with Crippen molar-refractivity contribution in [2.75, 3.05) is 5.73 Å². The molecule has 2 aromatic carbocycles. The second kappa shape index (κ2) is 4.69. The molecule has 0 saturated heterocycles. The molecule has 0 spiro atoms. The van der Waals surface area contributed by atoms with Crippen LogP contribution in [0.5, 0.6) is 0 Å². The third-order valence-electron chi connectivity index (χ3n) is 3.32. The Balaban J connectivity index is 2.10. The van der Waals surface area contributed by atoms with Crippen molar-refractivity contribution in [3.63, 3.8) is 0 Å². The van der Waals surface area contributed by atoms with Crippen LogP contribution in [0, 0.1) is 6.92 Å². The number of hydrogen-bond acceptors (Lipinski definition) is 3. The third kappa shape index (κ3) is 2.06. The Hall–Kier alpha value is -2.26. The lowest BCUT2D eigenvalue weighted by Crippen LogP contribution is -2.04. The van der Waals surface area contributed by atoms with Crippen LogP contribution in [0.4, 0.5) is 5.69 Å². The van der Waals surface area contributed by atoms with Crippen molar-refractivity contribution in [2.24, 2.45) is 0 Å². The van der Waals surface area contributed by atoms with E-state index < -0.39 is 0 Å². The van der Waals surface area contributed by atoms with E-state index in [0.29, 0.717) is 21.9 Å². The first kappa shape index (κ1) is 12.8. The molecule has 0 fully saturated rings. The molecule has 4 heteroatoms. The number of nitrogen functional groups attached to an aromatic ring is 1. The molecule has 0 amide bonds. The summed E-state index contributed by atoms with van der Waals surface area (Å²) in [6, 6.07) is 12.2. The zero-order valence-corrected chi connectivity index (χ0v) is 11.6. The Bertz CT molecular complexity index is 820. The van der Waals surface area contributed by atoms with Crippen molar-refractivity contribution in [1.29, 1.82) is 0 Å². The summed E-state index contributed by atoms with van der Waals surface area (Å²) in [6.45, 7) is 1.82. The summed E-state index contributed by atoms with van der Waals surface area (Å²) in [5.41, 5.74) is 8.37. The van der Waals surface area contributed by atoms with Gasteiger partial charge in [0.15, 0.2) is 5.76 Å². The minimum Gasteiger partial charge on any atom is -0.453 e. The zero-order valence-electron chi connectivity index (χ0n) is 10.8. The molecule has 0 bridgehead atoms. The lowest BCUT2D eigenvalue weighted by Gasteiger charge is -2.05. The van der Waals surface area contributed by atoms with Crippen molar-refractivity contribution in [3.05, 3.63) is 64.4 Å². The van der Waals surface area contributed by atoms with Crippen LogP contribution in [-0.2, 0) is 0 Å². The SMILES string of the molecule is Cc1c(N)cccc1C(=O)c1cc2cc(Cl)ccc2o1. The average molecular weight is 286 g/mol. The molecule has 0 radical (unpaired) electrons. The highest BCUT2D eigenvalue weighted by atomic mass is 35.5. The quantitative estimate of drug-likeness (QED) is 0.567. The highest BCUT2D eigenvalue weighted by Gasteiger charge is 2.17. The van der Waals surface area contributed by atoms with E-state index >= 15 is 0 Å². The largest absolute Gasteiger partial charge is 0.453 e. The lowest BCUT2D eigenvalue weighted by molar-refractivity contribution is 0.101. The van der Waals surface area contributed by atoms with E-state index in [1.54, 1.807) is 42.5 Å². The molecule has 0 atom stereocenters. The predicted molar refractivity (Wildman–Crippen MR) is 80.2 cm³/mol. The summed E-state index contributed by atoms with van der Waals surface area (Å²) >= 11 is 5.93. The normalized spacial score (nSPS) is 10.9. The molecule has 0 saturated carbocycles. The zero-order chi connectivity index (χ0) is 14.3. The summed E-state index contributed by atoms with van der Waals surface area (Å²) in [4.78, 5) is 12.5. The first-order valence-electron chi connectivity index (χ1n) is 6.15. The standard InChI is InChI=1S/C16H12ClNO2/c1-9-12(3-2-4-13(9)18)16(19)15-8-10-7-11(17)5-6-14(10)20-15/h2-8H,18H2,1H3. The van der Waals surface area contributed by atoms with Crippen LogP contribution in [0.3, 0.4) is 0 Å². The van der Waals surface area contributed by atoms with Gasteiger partial charge in [0, 0.05) is 21.7 Å². The van der Waals surface area contributed by atoms with Gasteiger partial charge in [0.2, 0.25) is 5.78 Å². The number of furan rings is 1. The van der Waals surface area contributed by atoms with Crippen molar-refractivity contribution in [2.45, 2.75) is 6.92 Å². The van der Waals surface area contributed by atoms with E-state index in [4.69, 9.17) is 21.8 Å². The lowest BCUT2D eigenvalue weighted by atomic mass is 10.0. The average Bonchev–Trinajstić information content (AvgIpc) is 2.84. The predicted octanol–water partition coefficient (Wildman–Crippen LogP) is 4.21. The van der Waals surface area contributed by atoms with Crippen LogP contribution in [0.2, 0.25) is 5.02 Å². The van der Waals surface area contributed by atoms with Gasteiger partial charge in [0.1, 0.15) is 5.58 Å². The van der Waals surface area contributed by atoms with Gasteiger partial charge in [-0.05, 0) is 42.8 Å². The molecular weight excluding hydrogens is 274 g/mol. The summed E-state index contributed by atoms with van der Waals surface area (Å²) in [6.07, 6.45) is 0. The van der Waals surface area contributed by atoms with Crippen molar-refractivity contribution < 1.29 is 9.21 Å². The topological polar surface area (TPSA) is 56.2 Å². The van der Waals surface area contributed by atoms with Crippen LogP contribution in [-0.4, -0.2) is 5.78 Å². The fraction of sp³-hybridized carbons (Fsp3) is 0.0625. The first-order chi connectivity index (χ1) is 9.56. The smallest absolute Gasteiger partial charge is 0.228 e. The van der Waals surface area contributed by atoms with E-state index in [2.05, 4.69) is 0 Å². The molecule has 100 valence electrons. The molecule has 0 aliphatic rings. The van der Waals surface area contributed by atoms with Gasteiger partial charge < -0.3 is 10.2 Å². The van der Waals surface area contributed by atoms with Crippen molar-refractivity contribution >= 4 is 34.0 Å². The molecule has 0 aliphatic carbocycles. The molecule has 3 nitrogen and oxygen atoms in total. The van der Waals surface area contributed by atoms with Crippen LogP contribution in [0.25, 0.3) is 11.0 Å². The minimum absolute atomic E-state index is 0.179. The molecule has 3 aromatic rings. The highest BCUT2D eigenvalue weighted by molar-refractivity contribution is 6.31. The second-order valence-electron chi connectivity index (χ2n) is 4.64. The van der Waals surface area contributed by atoms with Gasteiger partial charge in [-0.1, -0.05) is 23.7 Å². The molecule has 3 rings (SSSR count). The van der Waals surface area contributed by atoms with Gasteiger partial charge in [-0.3, -0.25) is 4.79 Å². The van der Waals surface area contributed by atoms with Gasteiger partial charge in [-0.25, -0.2) is 0 Å². The number of nitrogens with two attached hydrogens (primary N) is 1. The number of ketones is 1. The fourth-order valence-electron chi connectivity index (χ4n) is 2.16. The Morgan fingerprint density at radius 3 is 2.80 bits per heavy atom. The van der Waals surface area contributed by atoms with Crippen LogP contribution >= 0.6 is 11.6 Å². The van der Waals surface area contributed by atoms with Crippen LogP contribution in [0.1, 0.15) is 21.7 Å². The van der Waals surface area contributed by atoms with Gasteiger partial charge in [-0.2, -0.15) is 0 Å². The van der Waals surface area contributed by atoms with E-state index in [1.165, 1.54) is 0 Å². The van der Waals surface area contributed by atoms with Crippen LogP contribution < -0.4 is 5.73 Å². The number of hydrogen-bond donors (Lipinski definition) is 1. The molecular formula is C16H12ClNO2. The Kier molecular flexibility index (Phi) is 2.99. The number of carbonyl (C=O) groups excluding carboxylic acids is 1. The molecule has 2 N–H and O–H groups in total. The monoisotopic (exact) mass is 285 g/mol. The Morgan fingerprint density at radius 2 is 2.00 bits per heavy atom. The van der Waals surface area contributed by atoms with Gasteiger partial charge >= 0.3 is 0 Å². The number of carbonyl (C=O) groups is 1. The number of halogens is 1. The first-order valence-corrected chi connectivity index (χ1v) is 6.53. The highest BCUT2D eigenvalue weighted by Crippen LogP contribution is 2.26. The maximum Gasteiger partial charge on any atom is 0.228 e. The molecule has 0 unspecified atom stereocenters. The van der Waals surface area contributed by atoms with Gasteiger partial charge in [0.25, 0.3) is 0 Å². The second-order valence-corrected chi connectivity index (χ2v) is 5.08. The summed E-state index contributed by atoms with van der Waals surface area (Å²) in [7, 11) is 0. The van der Waals surface area contributed by atoms with E-state index in [0.717, 1.165) is 10.9 Å². The van der Waals surface area contributed by atoms with E-state index in [-0.39, 0.29) is 11.5 Å². The summed E-state index contributed by atoms with van der Waals surface area (Å²) in [5.74, 6) is 0.109. The Morgan fingerprint density at radius 1 is 1.20 bits per heavy atom. The molecule has 20 heavy (non-hydrogen) atoms. The molecule has 1 aromatic heterocycles. The number of benzene rings is 2.